The first-order valence-electron chi connectivity index (χ1n) is 10.4. The summed E-state index contributed by atoms with van der Waals surface area (Å²) in [7, 11) is 7.78. The molecule has 0 fully saturated rings. The lowest BCUT2D eigenvalue weighted by Crippen LogP contribution is -2.24. The van der Waals surface area contributed by atoms with E-state index in [0.717, 1.165) is 42.8 Å². The molecule has 6 nitrogen and oxygen atoms in total. The number of fused-ring (bicyclic) bond motifs is 2. The molecule has 3 rings (SSSR count). The fourth-order valence-corrected chi connectivity index (χ4v) is 5.26. The zero-order chi connectivity index (χ0) is 22.5. The van der Waals surface area contributed by atoms with Gasteiger partial charge >= 0.3 is 0 Å². The predicted molar refractivity (Wildman–Crippen MR) is 126 cm³/mol. The van der Waals surface area contributed by atoms with Crippen LogP contribution in [-0.4, -0.2) is 58.2 Å². The number of hydrogen-bond donors (Lipinski definition) is 0. The van der Waals surface area contributed by atoms with Crippen molar-refractivity contribution in [2.75, 3.05) is 58.9 Å². The van der Waals surface area contributed by atoms with E-state index in [0.29, 0.717) is 23.0 Å². The topological polar surface area (TPSA) is 57.2 Å². The number of ether oxygens (including phenoxy) is 4. The summed E-state index contributed by atoms with van der Waals surface area (Å²) < 4.78 is 34.6. The van der Waals surface area contributed by atoms with Gasteiger partial charge in [-0.15, -0.1) is 0 Å². The van der Waals surface area contributed by atoms with Gasteiger partial charge in [-0.2, -0.15) is 0 Å². The SMILES string of the molecule is COc1cc2c(cc1OC)[C@@H](C[S@](C)=O)Cc1cc(OC)c(OC)cc1N(C)CCC2. The van der Waals surface area contributed by atoms with Crippen molar-refractivity contribution in [3.63, 3.8) is 0 Å². The lowest BCUT2D eigenvalue weighted by molar-refractivity contribution is 0.353. The molecule has 1 aliphatic heterocycles. The van der Waals surface area contributed by atoms with E-state index in [4.69, 9.17) is 18.9 Å². The molecule has 31 heavy (non-hydrogen) atoms. The predicted octanol–water partition coefficient (Wildman–Crippen LogP) is 3.81. The third kappa shape index (κ3) is 5.09. The van der Waals surface area contributed by atoms with Crippen LogP contribution in [0.2, 0.25) is 0 Å². The average Bonchev–Trinajstić information content (AvgIpc) is 2.76. The van der Waals surface area contributed by atoms with Gasteiger partial charge in [0.1, 0.15) is 0 Å². The largest absolute Gasteiger partial charge is 0.493 e. The molecule has 0 spiro atoms. The molecule has 2 atom stereocenters. The van der Waals surface area contributed by atoms with Gasteiger partial charge in [0.25, 0.3) is 0 Å². The van der Waals surface area contributed by atoms with Gasteiger partial charge in [-0.1, -0.05) is 0 Å². The first-order chi connectivity index (χ1) is 14.9. The van der Waals surface area contributed by atoms with Gasteiger partial charge in [-0.3, -0.25) is 4.21 Å². The lowest BCUT2D eigenvalue weighted by atomic mass is 9.86. The highest BCUT2D eigenvalue weighted by molar-refractivity contribution is 7.84. The number of anilines is 1. The second-order valence-electron chi connectivity index (χ2n) is 7.91. The summed E-state index contributed by atoms with van der Waals surface area (Å²) in [5.41, 5.74) is 4.68. The van der Waals surface area contributed by atoms with Crippen LogP contribution in [0, 0.1) is 0 Å². The Hall–Kier alpha value is -2.41. The molecular weight excluding hydrogens is 414 g/mol. The van der Waals surface area contributed by atoms with Crippen LogP contribution in [0.25, 0.3) is 0 Å². The molecule has 0 aromatic heterocycles. The van der Waals surface area contributed by atoms with Gasteiger partial charge in [0.15, 0.2) is 23.0 Å². The zero-order valence-corrected chi connectivity index (χ0v) is 20.1. The van der Waals surface area contributed by atoms with E-state index in [1.54, 1.807) is 34.7 Å². The van der Waals surface area contributed by atoms with Crippen molar-refractivity contribution in [3.05, 3.63) is 41.0 Å². The van der Waals surface area contributed by atoms with Crippen molar-refractivity contribution < 1.29 is 23.2 Å². The van der Waals surface area contributed by atoms with Crippen LogP contribution in [0.15, 0.2) is 24.3 Å². The molecule has 0 bridgehead atoms. The highest BCUT2D eigenvalue weighted by atomic mass is 32.2. The summed E-state index contributed by atoms with van der Waals surface area (Å²) in [6, 6.07) is 8.25. The van der Waals surface area contributed by atoms with E-state index >= 15 is 0 Å². The second kappa shape index (κ2) is 10.3. The molecule has 1 heterocycles. The van der Waals surface area contributed by atoms with Gasteiger partial charge in [0.2, 0.25) is 0 Å². The number of hydrogen-bond acceptors (Lipinski definition) is 6. The summed E-state index contributed by atoms with van der Waals surface area (Å²) in [6.45, 7) is 0.903. The standard InChI is InChI=1S/C24H33NO5S/c1-25-9-7-8-16-11-21(27-2)23(29-4)13-19(16)18(15-31(6)26)10-17-12-22(28-3)24(30-5)14-20(17)25/h11-14,18H,7-10,15H2,1-6H3/t18-,31+/m1/s1. The van der Waals surface area contributed by atoms with E-state index in [-0.39, 0.29) is 5.92 Å². The van der Waals surface area contributed by atoms with Gasteiger partial charge < -0.3 is 23.8 Å². The van der Waals surface area contributed by atoms with Gasteiger partial charge in [0, 0.05) is 48.2 Å². The monoisotopic (exact) mass is 447 g/mol. The maximum absolute atomic E-state index is 12.4. The first kappa shape index (κ1) is 23.3. The average molecular weight is 448 g/mol. The molecule has 7 heteroatoms. The third-order valence-corrected chi connectivity index (χ3v) is 6.79. The Morgan fingerprint density at radius 1 is 0.903 bits per heavy atom. The molecule has 0 saturated heterocycles. The molecule has 0 unspecified atom stereocenters. The smallest absolute Gasteiger partial charge is 0.162 e. The Kier molecular flexibility index (Phi) is 7.70. The Morgan fingerprint density at radius 3 is 2.03 bits per heavy atom. The minimum Gasteiger partial charge on any atom is -0.493 e. The Balaban J connectivity index is 2.18. The molecule has 170 valence electrons. The molecule has 0 radical (unpaired) electrons. The fraction of sp³-hybridized carbons (Fsp3) is 0.500. The molecular formula is C24H33NO5S. The van der Waals surface area contributed by atoms with E-state index < -0.39 is 10.8 Å². The van der Waals surface area contributed by atoms with Crippen molar-refractivity contribution >= 4 is 16.5 Å². The van der Waals surface area contributed by atoms with E-state index in [1.807, 2.05) is 6.07 Å². The van der Waals surface area contributed by atoms with Crippen LogP contribution < -0.4 is 23.8 Å². The Morgan fingerprint density at radius 2 is 1.45 bits per heavy atom. The highest BCUT2D eigenvalue weighted by Gasteiger charge is 2.25. The van der Waals surface area contributed by atoms with E-state index in [2.05, 4.69) is 30.1 Å². The Bertz CT molecular complexity index is 946. The van der Waals surface area contributed by atoms with Crippen LogP contribution >= 0.6 is 0 Å². The molecule has 0 N–H and O–H groups in total. The lowest BCUT2D eigenvalue weighted by Gasteiger charge is -2.29. The zero-order valence-electron chi connectivity index (χ0n) is 19.3. The van der Waals surface area contributed by atoms with Crippen LogP contribution in [0.5, 0.6) is 23.0 Å². The quantitative estimate of drug-likeness (QED) is 0.671. The van der Waals surface area contributed by atoms with Crippen molar-refractivity contribution in [3.8, 4) is 23.0 Å². The highest BCUT2D eigenvalue weighted by Crippen LogP contribution is 2.41. The maximum atomic E-state index is 12.4. The van der Waals surface area contributed by atoms with E-state index in [9.17, 15) is 4.21 Å². The number of methoxy groups -OCH3 is 4. The van der Waals surface area contributed by atoms with Crippen LogP contribution in [0.3, 0.4) is 0 Å². The molecule has 1 aliphatic rings. The maximum Gasteiger partial charge on any atom is 0.162 e. The Labute approximate surface area is 187 Å². The summed E-state index contributed by atoms with van der Waals surface area (Å²) in [5, 5.41) is 0. The minimum absolute atomic E-state index is 0.0731. The summed E-state index contributed by atoms with van der Waals surface area (Å²) >= 11 is 0. The summed E-state index contributed by atoms with van der Waals surface area (Å²) in [4.78, 5) is 2.27. The van der Waals surface area contributed by atoms with Crippen LogP contribution in [0.1, 0.15) is 29.0 Å². The van der Waals surface area contributed by atoms with Crippen molar-refractivity contribution in [2.45, 2.75) is 25.2 Å². The van der Waals surface area contributed by atoms with Crippen molar-refractivity contribution in [1.29, 1.82) is 0 Å². The molecule has 0 aliphatic carbocycles. The van der Waals surface area contributed by atoms with Gasteiger partial charge in [-0.05, 0) is 60.1 Å². The summed E-state index contributed by atoms with van der Waals surface area (Å²) in [5.74, 6) is 3.50. The second-order valence-corrected chi connectivity index (χ2v) is 9.39. The molecule has 0 saturated carbocycles. The van der Waals surface area contributed by atoms with Crippen molar-refractivity contribution in [1.82, 2.24) is 0 Å². The van der Waals surface area contributed by atoms with Crippen LogP contribution in [0.4, 0.5) is 5.69 Å². The molecule has 0 amide bonds. The normalized spacial score (nSPS) is 17.2. The number of benzene rings is 2. The first-order valence-corrected chi connectivity index (χ1v) is 12.1. The molecule has 2 aromatic carbocycles. The number of nitrogens with zero attached hydrogens (tertiary/aromatic N) is 1. The van der Waals surface area contributed by atoms with Crippen LogP contribution in [-0.2, 0) is 23.6 Å². The number of aryl methyl sites for hydroxylation is 1. The minimum atomic E-state index is -0.950. The van der Waals surface area contributed by atoms with Gasteiger partial charge in [0.05, 0.1) is 28.4 Å². The number of rotatable bonds is 6. The fourth-order valence-electron chi connectivity index (χ4n) is 4.40. The summed E-state index contributed by atoms with van der Waals surface area (Å²) in [6.07, 6.45) is 4.40. The van der Waals surface area contributed by atoms with Gasteiger partial charge in [-0.25, -0.2) is 0 Å². The molecule has 2 aromatic rings. The van der Waals surface area contributed by atoms with Crippen molar-refractivity contribution in [2.24, 2.45) is 0 Å². The van der Waals surface area contributed by atoms with E-state index in [1.165, 1.54) is 11.1 Å². The third-order valence-electron chi connectivity index (χ3n) is 5.92.